The van der Waals surface area contributed by atoms with Crippen LogP contribution in [0.15, 0.2) is 29.3 Å². The highest BCUT2D eigenvalue weighted by Crippen LogP contribution is 2.21. The summed E-state index contributed by atoms with van der Waals surface area (Å²) in [6.07, 6.45) is 8.84. The molecule has 1 atom stereocenters. The van der Waals surface area contributed by atoms with Crippen LogP contribution in [0.5, 0.6) is 0 Å². The molecule has 4 rings (SSSR count). The van der Waals surface area contributed by atoms with Crippen LogP contribution in [-0.2, 0) is 19.4 Å². The first-order valence-corrected chi connectivity index (χ1v) is 11.6. The highest BCUT2D eigenvalue weighted by Gasteiger charge is 2.21. The number of nitrogens with one attached hydrogen (secondary N) is 2. The summed E-state index contributed by atoms with van der Waals surface area (Å²) in [4.78, 5) is 6.64. The van der Waals surface area contributed by atoms with Gasteiger partial charge in [0, 0.05) is 57.8 Å². The zero-order valence-corrected chi connectivity index (χ0v) is 21.2. The molecule has 1 unspecified atom stereocenters. The number of hydrogen-bond donors (Lipinski definition) is 2. The van der Waals surface area contributed by atoms with Crippen molar-refractivity contribution < 1.29 is 4.39 Å². The van der Waals surface area contributed by atoms with E-state index in [1.165, 1.54) is 25.3 Å². The quantitative estimate of drug-likeness (QED) is 0.247. The zero-order valence-electron chi connectivity index (χ0n) is 18.9. The number of nitrogens with zero attached hydrogens (tertiary/aromatic N) is 5. The molecule has 2 N–H and O–H groups in total. The molecule has 0 bridgehead atoms. The van der Waals surface area contributed by atoms with E-state index < -0.39 is 0 Å². The van der Waals surface area contributed by atoms with E-state index in [0.717, 1.165) is 81.6 Å². The van der Waals surface area contributed by atoms with E-state index in [-0.39, 0.29) is 35.8 Å². The van der Waals surface area contributed by atoms with Gasteiger partial charge in [-0.05, 0) is 50.3 Å². The van der Waals surface area contributed by atoms with Crippen LogP contribution in [0.3, 0.4) is 0 Å². The predicted molar refractivity (Wildman–Crippen MR) is 137 cm³/mol. The van der Waals surface area contributed by atoms with Crippen LogP contribution < -0.4 is 15.5 Å². The lowest BCUT2D eigenvalue weighted by Gasteiger charge is -2.35. The van der Waals surface area contributed by atoms with Crippen molar-refractivity contribution in [2.45, 2.75) is 64.0 Å². The maximum atomic E-state index is 13.6. The van der Waals surface area contributed by atoms with Gasteiger partial charge >= 0.3 is 0 Å². The Labute approximate surface area is 207 Å². The van der Waals surface area contributed by atoms with Gasteiger partial charge in [-0.1, -0.05) is 12.5 Å². The summed E-state index contributed by atoms with van der Waals surface area (Å²) in [5.74, 6) is 2.90. The third-order valence-electron chi connectivity index (χ3n) is 6.21. The number of guanidine groups is 1. The van der Waals surface area contributed by atoms with Crippen molar-refractivity contribution in [3.63, 3.8) is 0 Å². The molecule has 0 amide bonds. The van der Waals surface area contributed by atoms with Gasteiger partial charge in [0.2, 0.25) is 0 Å². The summed E-state index contributed by atoms with van der Waals surface area (Å²) in [6, 6.07) is 7.14. The van der Waals surface area contributed by atoms with Gasteiger partial charge in [-0.15, -0.1) is 34.2 Å². The fourth-order valence-electron chi connectivity index (χ4n) is 4.57. The number of halogens is 2. The number of piperidine rings is 1. The molecule has 1 aromatic carbocycles. The lowest BCUT2D eigenvalue weighted by atomic mass is 10.0. The molecule has 7 nitrogen and oxygen atoms in total. The van der Waals surface area contributed by atoms with Gasteiger partial charge in [-0.25, -0.2) is 4.39 Å². The highest BCUT2D eigenvalue weighted by atomic mass is 127. The minimum Gasteiger partial charge on any atom is -0.369 e. The molecule has 176 valence electrons. The Kier molecular flexibility index (Phi) is 9.55. The molecule has 32 heavy (non-hydrogen) atoms. The molecule has 1 saturated heterocycles. The summed E-state index contributed by atoms with van der Waals surface area (Å²) < 4.78 is 15.9. The number of hydrogen-bond acceptors (Lipinski definition) is 4. The van der Waals surface area contributed by atoms with Crippen LogP contribution in [0.2, 0.25) is 0 Å². The van der Waals surface area contributed by atoms with Gasteiger partial charge in [-0.3, -0.25) is 4.99 Å². The summed E-state index contributed by atoms with van der Waals surface area (Å²) in [5, 5.41) is 15.8. The smallest absolute Gasteiger partial charge is 0.191 e. The second-order valence-corrected chi connectivity index (χ2v) is 8.51. The number of aromatic nitrogens is 3. The average Bonchev–Trinajstić information content (AvgIpc) is 3.01. The maximum absolute atomic E-state index is 13.6. The van der Waals surface area contributed by atoms with Crippen LogP contribution in [0.1, 0.15) is 50.2 Å². The second-order valence-electron chi connectivity index (χ2n) is 8.51. The van der Waals surface area contributed by atoms with Crippen molar-refractivity contribution in [3.05, 3.63) is 41.7 Å². The Hall–Kier alpha value is -1.91. The van der Waals surface area contributed by atoms with Gasteiger partial charge in [0.1, 0.15) is 17.5 Å². The molecule has 1 aromatic heterocycles. The number of aryl methyl sites for hydroxylation is 2. The zero-order chi connectivity index (χ0) is 21.5. The van der Waals surface area contributed by atoms with E-state index >= 15 is 0 Å². The van der Waals surface area contributed by atoms with Crippen molar-refractivity contribution in [3.8, 4) is 0 Å². The monoisotopic (exact) mass is 555 g/mol. The van der Waals surface area contributed by atoms with Crippen LogP contribution >= 0.6 is 24.0 Å². The second kappa shape index (κ2) is 12.4. The molecule has 0 saturated carbocycles. The van der Waals surface area contributed by atoms with E-state index in [2.05, 4.69) is 35.3 Å². The average molecular weight is 555 g/mol. The topological polar surface area (TPSA) is 70.4 Å². The number of rotatable bonds is 6. The molecule has 0 spiro atoms. The third kappa shape index (κ3) is 6.55. The van der Waals surface area contributed by atoms with Crippen molar-refractivity contribution in [2.75, 3.05) is 31.6 Å². The van der Waals surface area contributed by atoms with Gasteiger partial charge in [0.15, 0.2) is 5.96 Å². The molecule has 9 heteroatoms. The fraction of sp³-hybridized carbons (Fsp3) is 0.609. The first-order chi connectivity index (χ1) is 15.2. The van der Waals surface area contributed by atoms with Gasteiger partial charge in [-0.2, -0.15) is 0 Å². The van der Waals surface area contributed by atoms with E-state index in [1.54, 1.807) is 19.2 Å². The lowest BCUT2D eigenvalue weighted by molar-refractivity contribution is 0.467. The Morgan fingerprint density at radius 1 is 1.19 bits per heavy atom. The standard InChI is InChI=1S/C23H34FN7.HI/c1-25-23(26-13-6-12-22-29-28-21-11-3-2-4-15-31(21)22)27-19-9-7-14-30(17-19)20-10-5-8-18(24)16-20;/h5,8,10,16,19H,2-4,6-7,9,11-15,17H2,1H3,(H2,25,26,27);1H. The normalized spacial score (nSPS) is 19.0. The third-order valence-corrected chi connectivity index (χ3v) is 6.21. The first kappa shape index (κ1) is 24.7. The Balaban J connectivity index is 0.00000289. The molecule has 2 aromatic rings. The predicted octanol–water partition coefficient (Wildman–Crippen LogP) is 3.53. The summed E-state index contributed by atoms with van der Waals surface area (Å²) in [5.41, 5.74) is 0.946. The van der Waals surface area contributed by atoms with Gasteiger partial charge in [0.05, 0.1) is 0 Å². The van der Waals surface area contributed by atoms with Crippen molar-refractivity contribution >= 4 is 35.6 Å². The first-order valence-electron chi connectivity index (χ1n) is 11.6. The largest absolute Gasteiger partial charge is 0.369 e. The Bertz CT molecular complexity index is 885. The molecule has 2 aliphatic heterocycles. The number of benzene rings is 1. The number of fused-ring (bicyclic) bond motifs is 1. The highest BCUT2D eigenvalue weighted by molar-refractivity contribution is 14.0. The van der Waals surface area contributed by atoms with Crippen LogP contribution in [0.4, 0.5) is 10.1 Å². The van der Waals surface area contributed by atoms with E-state index in [1.807, 2.05) is 6.07 Å². The molecule has 1 fully saturated rings. The van der Waals surface area contributed by atoms with E-state index in [9.17, 15) is 4.39 Å². The van der Waals surface area contributed by atoms with Crippen LogP contribution in [0.25, 0.3) is 0 Å². The molecular formula is C23H35FIN7. The molecule has 0 aliphatic carbocycles. The van der Waals surface area contributed by atoms with Crippen LogP contribution in [-0.4, -0.2) is 53.4 Å². The van der Waals surface area contributed by atoms with Crippen LogP contribution in [0, 0.1) is 5.82 Å². The maximum Gasteiger partial charge on any atom is 0.191 e. The van der Waals surface area contributed by atoms with Crippen molar-refractivity contribution in [1.29, 1.82) is 0 Å². The van der Waals surface area contributed by atoms with Gasteiger partial charge < -0.3 is 20.1 Å². The van der Waals surface area contributed by atoms with E-state index in [4.69, 9.17) is 0 Å². The summed E-state index contributed by atoms with van der Waals surface area (Å²) >= 11 is 0. The number of aliphatic imine (C=N–C) groups is 1. The Morgan fingerprint density at radius 2 is 2.09 bits per heavy atom. The summed E-state index contributed by atoms with van der Waals surface area (Å²) in [6.45, 7) is 3.69. The van der Waals surface area contributed by atoms with E-state index in [0.29, 0.717) is 0 Å². The molecule has 0 radical (unpaired) electrons. The van der Waals surface area contributed by atoms with Crippen molar-refractivity contribution in [2.24, 2.45) is 4.99 Å². The molecule has 3 heterocycles. The summed E-state index contributed by atoms with van der Waals surface area (Å²) in [7, 11) is 1.81. The lowest BCUT2D eigenvalue weighted by Crippen LogP contribution is -2.51. The van der Waals surface area contributed by atoms with Gasteiger partial charge in [0.25, 0.3) is 0 Å². The minimum atomic E-state index is -0.186. The molecule has 2 aliphatic rings. The number of anilines is 1. The fourth-order valence-corrected chi connectivity index (χ4v) is 4.57. The molecular weight excluding hydrogens is 520 g/mol. The van der Waals surface area contributed by atoms with Crippen molar-refractivity contribution in [1.82, 2.24) is 25.4 Å². The minimum absolute atomic E-state index is 0. The SMILES string of the molecule is CN=C(NCCCc1nnc2n1CCCCC2)NC1CCCN(c2cccc(F)c2)C1.I. The Morgan fingerprint density at radius 3 is 2.94 bits per heavy atom.